The smallest absolute Gasteiger partial charge is 0.230 e. The molecule has 1 amide bonds. The zero-order valence-corrected chi connectivity index (χ0v) is 30.7. The van der Waals surface area contributed by atoms with E-state index in [2.05, 4.69) is 106 Å². The van der Waals surface area contributed by atoms with Crippen LogP contribution in [0.5, 0.6) is 11.5 Å². The van der Waals surface area contributed by atoms with Gasteiger partial charge in [-0.15, -0.1) is 0 Å². The molecular formula is C37H66N2O4. The van der Waals surface area contributed by atoms with Gasteiger partial charge in [-0.3, -0.25) is 10.2 Å². The Morgan fingerprint density at radius 1 is 0.767 bits per heavy atom. The van der Waals surface area contributed by atoms with Gasteiger partial charge in [0.15, 0.2) is 0 Å². The maximum absolute atomic E-state index is 10.4. The molecule has 0 aliphatic carbocycles. The summed E-state index contributed by atoms with van der Waals surface area (Å²) < 4.78 is 0. The number of benzene rings is 2. The van der Waals surface area contributed by atoms with Gasteiger partial charge in [-0.1, -0.05) is 126 Å². The van der Waals surface area contributed by atoms with Gasteiger partial charge in [0.1, 0.15) is 17.8 Å². The van der Waals surface area contributed by atoms with Crippen molar-refractivity contribution in [3.05, 3.63) is 57.6 Å². The van der Waals surface area contributed by atoms with Crippen molar-refractivity contribution >= 4 is 12.2 Å². The number of nitrogens with one attached hydrogen (secondary N) is 2. The second-order valence-corrected chi connectivity index (χ2v) is 13.6. The lowest BCUT2D eigenvalue weighted by molar-refractivity contribution is -0.119. The van der Waals surface area contributed by atoms with E-state index in [-0.39, 0.29) is 22.2 Å². The lowest BCUT2D eigenvalue weighted by Gasteiger charge is -2.27. The van der Waals surface area contributed by atoms with Crippen LogP contribution in [-0.4, -0.2) is 29.5 Å². The fourth-order valence-electron chi connectivity index (χ4n) is 3.89. The number of carbonyl (C=O) groups excluding carboxylic acids is 2. The number of amides is 1. The van der Waals surface area contributed by atoms with Crippen LogP contribution in [0.4, 0.5) is 0 Å². The first-order valence-corrected chi connectivity index (χ1v) is 15.6. The first-order valence-electron chi connectivity index (χ1n) is 15.6. The Balaban J connectivity index is -0.000000558. The molecule has 0 aliphatic rings. The van der Waals surface area contributed by atoms with Gasteiger partial charge in [-0.05, 0) is 64.3 Å². The predicted molar refractivity (Wildman–Crippen MR) is 186 cm³/mol. The fourth-order valence-corrected chi connectivity index (χ4v) is 3.89. The lowest BCUT2D eigenvalue weighted by Crippen LogP contribution is -2.31. The lowest BCUT2D eigenvalue weighted by atomic mass is 9.78. The van der Waals surface area contributed by atoms with Crippen LogP contribution in [0.2, 0.25) is 0 Å². The molecular weight excluding hydrogens is 536 g/mol. The number of hydrogen-bond donors (Lipinski definition) is 4. The van der Waals surface area contributed by atoms with E-state index < -0.39 is 0 Å². The molecule has 248 valence electrons. The van der Waals surface area contributed by atoms with Crippen LogP contribution in [0.1, 0.15) is 143 Å². The van der Waals surface area contributed by atoms with E-state index >= 15 is 0 Å². The Bertz CT molecular complexity index is 1050. The van der Waals surface area contributed by atoms with Crippen LogP contribution in [0.15, 0.2) is 24.3 Å². The highest BCUT2D eigenvalue weighted by Gasteiger charge is 2.25. The summed E-state index contributed by atoms with van der Waals surface area (Å²) in [6.45, 7) is 32.7. The van der Waals surface area contributed by atoms with E-state index in [4.69, 9.17) is 0 Å². The number of phenols is 2. The van der Waals surface area contributed by atoms with Gasteiger partial charge in [-0.25, -0.2) is 5.43 Å². The SMILES string of the molecule is CC.CCC.CNNC(C)=O.Cc1cc(C(C)(C)C)c(O)c(C(C)(C)C)c1.Cc1cc(CCC=O)cc(C(C)(C)C)c1O. The van der Waals surface area contributed by atoms with E-state index in [1.807, 2.05) is 32.9 Å². The minimum absolute atomic E-state index is 0.0178. The summed E-state index contributed by atoms with van der Waals surface area (Å²) in [5, 5.41) is 20.4. The summed E-state index contributed by atoms with van der Waals surface area (Å²) in [5.41, 5.74) is 10.9. The predicted octanol–water partition coefficient (Wildman–Crippen LogP) is 9.12. The number of rotatable bonds is 4. The highest BCUT2D eigenvalue weighted by atomic mass is 16.3. The second-order valence-electron chi connectivity index (χ2n) is 13.6. The minimum Gasteiger partial charge on any atom is -0.507 e. The van der Waals surface area contributed by atoms with Crippen LogP contribution in [0, 0.1) is 13.8 Å². The second kappa shape index (κ2) is 20.9. The Hall–Kier alpha value is -2.86. The Kier molecular flexibility index (Phi) is 21.7. The molecule has 2 aromatic carbocycles. The van der Waals surface area contributed by atoms with Gasteiger partial charge in [0.25, 0.3) is 0 Å². The van der Waals surface area contributed by atoms with Gasteiger partial charge in [-0.2, -0.15) is 0 Å². The van der Waals surface area contributed by atoms with Gasteiger partial charge < -0.3 is 15.0 Å². The number of aldehydes is 1. The molecule has 0 bridgehead atoms. The molecule has 2 rings (SSSR count). The molecule has 6 nitrogen and oxygen atoms in total. The monoisotopic (exact) mass is 603 g/mol. The van der Waals surface area contributed by atoms with Crippen molar-refractivity contribution in [1.82, 2.24) is 10.9 Å². The van der Waals surface area contributed by atoms with Gasteiger partial charge in [0.05, 0.1) is 0 Å². The Morgan fingerprint density at radius 2 is 1.14 bits per heavy atom. The molecule has 4 N–H and O–H groups in total. The number of carbonyl (C=O) groups is 2. The van der Waals surface area contributed by atoms with Crippen molar-refractivity contribution in [1.29, 1.82) is 0 Å². The standard InChI is InChI=1S/C15H24O.C14H20O2.C3H8N2O.C3H8.C2H6/c1-10-8-11(14(2,3)4)13(16)12(9-10)15(5,6)7;1-10-8-11(6-5-7-15)9-12(13(10)16)14(2,3)4;1-3(6)5-4-2;1-3-2;1-2/h8-9,16H,1-7H3;7-9,16H,5-6H2,1-4H3;4H,1-2H3,(H,5,6);3H2,1-2H3;1-2H3. The Labute approximate surface area is 265 Å². The molecule has 6 heteroatoms. The number of aromatic hydroxyl groups is 2. The molecule has 0 fully saturated rings. The third kappa shape index (κ3) is 18.4. The molecule has 0 aliphatic heterocycles. The maximum Gasteiger partial charge on any atom is 0.230 e. The van der Waals surface area contributed by atoms with Crippen molar-refractivity contribution in [3.63, 3.8) is 0 Å². The van der Waals surface area contributed by atoms with Crippen LogP contribution in [-0.2, 0) is 32.3 Å². The molecule has 2 aromatic rings. The first-order chi connectivity index (χ1) is 19.6. The molecule has 0 spiro atoms. The van der Waals surface area contributed by atoms with Crippen molar-refractivity contribution in [2.75, 3.05) is 7.05 Å². The molecule has 0 saturated heterocycles. The average molecular weight is 603 g/mol. The number of aryl methyl sites for hydroxylation is 3. The maximum atomic E-state index is 10.4. The fraction of sp³-hybridized carbons (Fsp3) is 0.622. The summed E-state index contributed by atoms with van der Waals surface area (Å²) in [5.74, 6) is 0.769. The van der Waals surface area contributed by atoms with E-state index in [0.29, 0.717) is 17.9 Å². The summed E-state index contributed by atoms with van der Waals surface area (Å²) >= 11 is 0. The molecule has 0 radical (unpaired) electrons. The highest BCUT2D eigenvalue weighted by Crippen LogP contribution is 2.39. The minimum atomic E-state index is -0.0773. The van der Waals surface area contributed by atoms with Crippen LogP contribution in [0.25, 0.3) is 0 Å². The van der Waals surface area contributed by atoms with Gasteiger partial charge >= 0.3 is 0 Å². The summed E-state index contributed by atoms with van der Waals surface area (Å²) in [4.78, 5) is 20.2. The zero-order valence-electron chi connectivity index (χ0n) is 30.7. The van der Waals surface area contributed by atoms with E-state index in [0.717, 1.165) is 40.5 Å². The van der Waals surface area contributed by atoms with Crippen LogP contribution in [0.3, 0.4) is 0 Å². The third-order valence-electron chi connectivity index (χ3n) is 5.89. The molecule has 0 atom stereocenters. The van der Waals surface area contributed by atoms with Crippen molar-refractivity contribution in [2.24, 2.45) is 0 Å². The summed E-state index contributed by atoms with van der Waals surface area (Å²) in [6.07, 6.45) is 3.46. The first kappa shape index (κ1) is 44.6. The number of hydrazine groups is 1. The van der Waals surface area contributed by atoms with E-state index in [9.17, 15) is 19.8 Å². The largest absolute Gasteiger partial charge is 0.507 e. The van der Waals surface area contributed by atoms with Crippen molar-refractivity contribution < 1.29 is 19.8 Å². The zero-order chi connectivity index (χ0) is 34.8. The molecule has 0 unspecified atom stereocenters. The molecule has 0 aromatic heterocycles. The average Bonchev–Trinajstić information content (AvgIpc) is 2.86. The summed E-state index contributed by atoms with van der Waals surface area (Å²) in [7, 11) is 1.64. The normalized spacial score (nSPS) is 10.7. The third-order valence-corrected chi connectivity index (χ3v) is 5.89. The Morgan fingerprint density at radius 3 is 1.42 bits per heavy atom. The number of phenolic OH excluding ortho intramolecular Hbond substituents is 2. The highest BCUT2D eigenvalue weighted by molar-refractivity contribution is 5.72. The number of hydrogen-bond acceptors (Lipinski definition) is 5. The topological polar surface area (TPSA) is 98.7 Å². The van der Waals surface area contributed by atoms with E-state index in [1.54, 1.807) is 7.05 Å². The molecule has 0 heterocycles. The van der Waals surface area contributed by atoms with Crippen LogP contribution >= 0.6 is 0 Å². The summed E-state index contributed by atoms with van der Waals surface area (Å²) in [6, 6.07) is 8.13. The van der Waals surface area contributed by atoms with Gasteiger partial charge in [0, 0.05) is 20.4 Å². The van der Waals surface area contributed by atoms with Crippen molar-refractivity contribution in [3.8, 4) is 11.5 Å². The van der Waals surface area contributed by atoms with Crippen LogP contribution < -0.4 is 10.9 Å². The quantitative estimate of drug-likeness (QED) is 0.207. The molecule has 0 saturated carbocycles. The van der Waals surface area contributed by atoms with Crippen molar-refractivity contribution in [2.45, 2.75) is 146 Å². The van der Waals surface area contributed by atoms with E-state index in [1.165, 1.54) is 18.9 Å². The van der Waals surface area contributed by atoms with Gasteiger partial charge in [0.2, 0.25) is 5.91 Å². The molecule has 43 heavy (non-hydrogen) atoms.